The van der Waals surface area contributed by atoms with Gasteiger partial charge in [-0.05, 0) is 36.5 Å². The van der Waals surface area contributed by atoms with E-state index in [1.165, 1.54) is 18.2 Å². The molecule has 0 radical (unpaired) electrons. The number of carboxylic acid groups (broad SMARTS) is 1. The molecule has 5 heteroatoms. The van der Waals surface area contributed by atoms with Crippen LogP contribution in [0.3, 0.4) is 0 Å². The van der Waals surface area contributed by atoms with Gasteiger partial charge >= 0.3 is 5.97 Å². The first-order valence-corrected chi connectivity index (χ1v) is 6.70. The van der Waals surface area contributed by atoms with Crippen molar-refractivity contribution in [3.05, 3.63) is 29.6 Å². The van der Waals surface area contributed by atoms with Gasteiger partial charge in [-0.1, -0.05) is 6.07 Å². The lowest BCUT2D eigenvalue weighted by Crippen LogP contribution is -2.26. The van der Waals surface area contributed by atoms with Gasteiger partial charge in [0.2, 0.25) is 0 Å². The third-order valence-corrected chi connectivity index (χ3v) is 3.86. The Balaban J connectivity index is 2.21. The molecule has 1 fully saturated rings. The molecule has 0 saturated carbocycles. The summed E-state index contributed by atoms with van der Waals surface area (Å²) in [5.74, 6) is 0.476. The first kappa shape index (κ1) is 12.2. The summed E-state index contributed by atoms with van der Waals surface area (Å²) in [7, 11) is 0. The summed E-state index contributed by atoms with van der Waals surface area (Å²) >= 11 is 1.87. The molecule has 0 aliphatic carbocycles. The average Bonchev–Trinajstić information content (AvgIpc) is 2.33. The zero-order chi connectivity index (χ0) is 12.3. The molecule has 0 spiro atoms. The quantitative estimate of drug-likeness (QED) is 0.872. The number of aromatic carboxylic acids is 1. The maximum Gasteiger partial charge on any atom is 0.337 e. The molecule has 0 unspecified atom stereocenters. The van der Waals surface area contributed by atoms with Gasteiger partial charge in [0.1, 0.15) is 5.82 Å². The van der Waals surface area contributed by atoms with Gasteiger partial charge in [0.15, 0.2) is 0 Å². The third-order valence-electron chi connectivity index (χ3n) is 2.81. The third kappa shape index (κ3) is 2.91. The number of hydrogen-bond donors (Lipinski definition) is 2. The summed E-state index contributed by atoms with van der Waals surface area (Å²) in [6, 6.07) is 4.30. The van der Waals surface area contributed by atoms with Gasteiger partial charge in [-0.15, -0.1) is 0 Å². The summed E-state index contributed by atoms with van der Waals surface area (Å²) in [6.45, 7) is 0. The molecule has 0 atom stereocenters. The van der Waals surface area contributed by atoms with E-state index in [9.17, 15) is 9.18 Å². The molecule has 0 bridgehead atoms. The number of para-hydroxylation sites is 1. The van der Waals surface area contributed by atoms with Gasteiger partial charge in [-0.3, -0.25) is 0 Å². The number of carbonyl (C=O) groups is 1. The second-order valence-corrected chi connectivity index (χ2v) is 5.22. The number of rotatable bonds is 3. The van der Waals surface area contributed by atoms with Crippen LogP contribution in [0.15, 0.2) is 18.2 Å². The highest BCUT2D eigenvalue weighted by Crippen LogP contribution is 2.25. The van der Waals surface area contributed by atoms with Crippen molar-refractivity contribution >= 4 is 23.4 Å². The first-order chi connectivity index (χ1) is 8.18. The molecule has 1 aliphatic rings. The zero-order valence-corrected chi connectivity index (χ0v) is 10.1. The van der Waals surface area contributed by atoms with Gasteiger partial charge in [0.05, 0.1) is 11.3 Å². The molecule has 2 rings (SSSR count). The molecule has 0 aromatic heterocycles. The fourth-order valence-electron chi connectivity index (χ4n) is 1.90. The Morgan fingerprint density at radius 3 is 2.76 bits per heavy atom. The highest BCUT2D eigenvalue weighted by molar-refractivity contribution is 7.99. The second kappa shape index (κ2) is 5.40. The monoisotopic (exact) mass is 255 g/mol. The van der Waals surface area contributed by atoms with Gasteiger partial charge in [-0.25, -0.2) is 9.18 Å². The van der Waals surface area contributed by atoms with Crippen LogP contribution in [0.4, 0.5) is 10.1 Å². The molecular formula is C12H14FNO2S. The maximum absolute atomic E-state index is 13.6. The Kier molecular flexibility index (Phi) is 3.89. The zero-order valence-electron chi connectivity index (χ0n) is 9.28. The van der Waals surface area contributed by atoms with E-state index >= 15 is 0 Å². The van der Waals surface area contributed by atoms with Crippen LogP contribution in [-0.2, 0) is 0 Å². The van der Waals surface area contributed by atoms with Gasteiger partial charge in [-0.2, -0.15) is 11.8 Å². The Morgan fingerprint density at radius 1 is 1.41 bits per heavy atom. The second-order valence-electron chi connectivity index (χ2n) is 4.00. The van der Waals surface area contributed by atoms with E-state index < -0.39 is 11.8 Å². The number of nitrogens with one attached hydrogen (secondary N) is 1. The summed E-state index contributed by atoms with van der Waals surface area (Å²) in [5, 5.41) is 12.0. The van der Waals surface area contributed by atoms with Crippen LogP contribution in [-0.4, -0.2) is 28.6 Å². The summed E-state index contributed by atoms with van der Waals surface area (Å²) in [6.07, 6.45) is 1.89. The minimum absolute atomic E-state index is 0.00299. The van der Waals surface area contributed by atoms with Crippen molar-refractivity contribution in [2.24, 2.45) is 0 Å². The fourth-order valence-corrected chi connectivity index (χ4v) is 3.00. The number of benzene rings is 1. The number of thioether (sulfide) groups is 1. The van der Waals surface area contributed by atoms with Gasteiger partial charge in [0.25, 0.3) is 0 Å². The molecule has 92 valence electrons. The summed E-state index contributed by atoms with van der Waals surface area (Å²) in [5.41, 5.74) is 0.125. The van der Waals surface area contributed by atoms with Crippen molar-refractivity contribution in [3.8, 4) is 0 Å². The number of hydrogen-bond acceptors (Lipinski definition) is 3. The SMILES string of the molecule is O=C(O)c1cccc(F)c1NC1CCSCC1. The van der Waals surface area contributed by atoms with Crippen molar-refractivity contribution in [1.29, 1.82) is 0 Å². The van der Waals surface area contributed by atoms with Crippen LogP contribution < -0.4 is 5.32 Å². The van der Waals surface area contributed by atoms with Crippen LogP contribution >= 0.6 is 11.8 Å². The predicted molar refractivity (Wildman–Crippen MR) is 67.3 cm³/mol. The summed E-state index contributed by atoms with van der Waals surface area (Å²) in [4.78, 5) is 11.0. The van der Waals surface area contributed by atoms with Gasteiger partial charge < -0.3 is 10.4 Å². The smallest absolute Gasteiger partial charge is 0.337 e. The summed E-state index contributed by atoms with van der Waals surface area (Å²) < 4.78 is 13.6. The van der Waals surface area contributed by atoms with Crippen molar-refractivity contribution in [2.75, 3.05) is 16.8 Å². The molecule has 1 aromatic carbocycles. The van der Waals surface area contributed by atoms with E-state index in [2.05, 4.69) is 5.32 Å². The highest BCUT2D eigenvalue weighted by atomic mass is 32.2. The van der Waals surface area contributed by atoms with Crippen LogP contribution in [0.2, 0.25) is 0 Å². The van der Waals surface area contributed by atoms with E-state index in [0.717, 1.165) is 24.3 Å². The lowest BCUT2D eigenvalue weighted by Gasteiger charge is -2.24. The van der Waals surface area contributed by atoms with Gasteiger partial charge in [0, 0.05) is 6.04 Å². The Hall–Kier alpha value is -1.23. The number of carboxylic acids is 1. The normalized spacial score (nSPS) is 16.8. The average molecular weight is 255 g/mol. The molecule has 17 heavy (non-hydrogen) atoms. The van der Waals surface area contributed by atoms with E-state index in [1.807, 2.05) is 11.8 Å². The standard InChI is InChI=1S/C12H14FNO2S/c13-10-3-1-2-9(12(15)16)11(10)14-8-4-6-17-7-5-8/h1-3,8,14H,4-7H2,(H,15,16). The topological polar surface area (TPSA) is 49.3 Å². The van der Waals surface area contributed by atoms with Crippen LogP contribution in [0.1, 0.15) is 23.2 Å². The van der Waals surface area contributed by atoms with Crippen LogP contribution in [0.25, 0.3) is 0 Å². The van der Waals surface area contributed by atoms with Crippen molar-refractivity contribution < 1.29 is 14.3 Å². The number of anilines is 1. The van der Waals surface area contributed by atoms with Crippen molar-refractivity contribution in [2.45, 2.75) is 18.9 Å². The molecule has 1 aromatic rings. The molecule has 1 aliphatic heterocycles. The van der Waals surface area contributed by atoms with Crippen LogP contribution in [0, 0.1) is 5.82 Å². The van der Waals surface area contributed by atoms with E-state index in [4.69, 9.17) is 5.11 Å². The molecule has 2 N–H and O–H groups in total. The Bertz CT molecular complexity index is 419. The van der Waals surface area contributed by atoms with E-state index in [0.29, 0.717) is 0 Å². The minimum Gasteiger partial charge on any atom is -0.478 e. The van der Waals surface area contributed by atoms with E-state index in [1.54, 1.807) is 0 Å². The lowest BCUT2D eigenvalue weighted by atomic mass is 10.1. The lowest BCUT2D eigenvalue weighted by molar-refractivity contribution is 0.0697. The maximum atomic E-state index is 13.6. The highest BCUT2D eigenvalue weighted by Gasteiger charge is 2.19. The van der Waals surface area contributed by atoms with Crippen LogP contribution in [0.5, 0.6) is 0 Å². The molecule has 0 amide bonds. The predicted octanol–water partition coefficient (Wildman–Crippen LogP) is 2.83. The number of halogens is 1. The van der Waals surface area contributed by atoms with Crippen molar-refractivity contribution in [1.82, 2.24) is 0 Å². The Labute approximate surface area is 103 Å². The first-order valence-electron chi connectivity index (χ1n) is 5.54. The van der Waals surface area contributed by atoms with E-state index in [-0.39, 0.29) is 17.3 Å². The largest absolute Gasteiger partial charge is 0.478 e. The molecule has 1 saturated heterocycles. The minimum atomic E-state index is -1.10. The van der Waals surface area contributed by atoms with Crippen molar-refractivity contribution in [3.63, 3.8) is 0 Å². The Morgan fingerprint density at radius 2 is 2.12 bits per heavy atom. The fraction of sp³-hybridized carbons (Fsp3) is 0.417. The molecular weight excluding hydrogens is 241 g/mol. The molecule has 3 nitrogen and oxygen atoms in total. The molecule has 1 heterocycles.